The summed E-state index contributed by atoms with van der Waals surface area (Å²) in [4.78, 5) is 23.4. The van der Waals surface area contributed by atoms with E-state index in [0.717, 1.165) is 18.7 Å². The zero-order valence-electron chi connectivity index (χ0n) is 13.5. The van der Waals surface area contributed by atoms with Gasteiger partial charge >= 0.3 is 6.03 Å². The van der Waals surface area contributed by atoms with Gasteiger partial charge in [-0.3, -0.25) is 10.1 Å². The van der Waals surface area contributed by atoms with Crippen molar-refractivity contribution in [3.8, 4) is 0 Å². The Kier molecular flexibility index (Phi) is 6.20. The van der Waals surface area contributed by atoms with Crippen molar-refractivity contribution in [2.24, 2.45) is 5.92 Å². The Balaban J connectivity index is 1.84. The molecule has 0 radical (unpaired) electrons. The average molecular weight is 337 g/mol. The van der Waals surface area contributed by atoms with Crippen LogP contribution in [0.2, 0.25) is 0 Å². The van der Waals surface area contributed by atoms with Crippen molar-refractivity contribution >= 4 is 23.7 Å². The number of imide groups is 1. The first-order valence-electron chi connectivity index (χ1n) is 7.75. The summed E-state index contributed by atoms with van der Waals surface area (Å²) in [5.41, 5.74) is 0. The molecule has 2 N–H and O–H groups in total. The van der Waals surface area contributed by atoms with E-state index in [2.05, 4.69) is 27.4 Å². The van der Waals surface area contributed by atoms with Crippen LogP contribution in [0.3, 0.4) is 0 Å². The molecule has 0 saturated heterocycles. The molecule has 3 amide bonds. The van der Waals surface area contributed by atoms with Crippen molar-refractivity contribution in [3.63, 3.8) is 0 Å². The molecular weight excluding hydrogens is 314 g/mol. The van der Waals surface area contributed by atoms with Crippen LogP contribution in [0.15, 0.2) is 17.8 Å². The number of hydrogen-bond donors (Lipinski definition) is 2. The van der Waals surface area contributed by atoms with Crippen LogP contribution in [0.4, 0.5) is 4.79 Å². The molecule has 0 bridgehead atoms. The maximum Gasteiger partial charge on any atom is 0.321 e. The molecule has 1 heterocycles. The number of carbonyl (C=O) groups excluding carboxylic acids is 2. The summed E-state index contributed by atoms with van der Waals surface area (Å²) in [7, 11) is 0. The molecule has 1 aliphatic rings. The maximum absolute atomic E-state index is 11.8. The first-order valence-corrected chi connectivity index (χ1v) is 8.74. The predicted octanol–water partition coefficient (Wildman–Crippen LogP) is 1.92. The molecule has 0 unspecified atom stereocenters. The lowest BCUT2D eigenvalue weighted by atomic mass is 10.2. The van der Waals surface area contributed by atoms with Crippen LogP contribution in [0.25, 0.3) is 0 Å². The molecule has 126 valence electrons. The summed E-state index contributed by atoms with van der Waals surface area (Å²) in [6, 6.07) is -0.462. The van der Waals surface area contributed by atoms with Crippen molar-refractivity contribution in [3.05, 3.63) is 18.5 Å². The highest BCUT2D eigenvalue weighted by Gasteiger charge is 2.30. The van der Waals surface area contributed by atoms with Crippen molar-refractivity contribution in [2.45, 2.75) is 44.3 Å². The molecule has 8 heteroatoms. The van der Waals surface area contributed by atoms with E-state index in [4.69, 9.17) is 0 Å². The third-order valence-corrected chi connectivity index (χ3v) is 4.22. The molecule has 0 spiro atoms. The van der Waals surface area contributed by atoms with Gasteiger partial charge in [0.25, 0.3) is 0 Å². The molecule has 23 heavy (non-hydrogen) atoms. The van der Waals surface area contributed by atoms with E-state index < -0.39 is 6.03 Å². The lowest BCUT2D eigenvalue weighted by Crippen LogP contribution is -2.41. The van der Waals surface area contributed by atoms with Gasteiger partial charge in [-0.15, -0.1) is 16.8 Å². The van der Waals surface area contributed by atoms with Gasteiger partial charge in [-0.05, 0) is 18.8 Å². The van der Waals surface area contributed by atoms with Gasteiger partial charge < -0.3 is 9.88 Å². The molecule has 1 aromatic heterocycles. The van der Waals surface area contributed by atoms with Crippen molar-refractivity contribution in [1.82, 2.24) is 25.4 Å². The van der Waals surface area contributed by atoms with Gasteiger partial charge in [0.05, 0.1) is 5.75 Å². The number of allylic oxidation sites excluding steroid dienone is 1. The van der Waals surface area contributed by atoms with Gasteiger partial charge in [-0.25, -0.2) is 4.79 Å². The topological polar surface area (TPSA) is 88.9 Å². The fourth-order valence-electron chi connectivity index (χ4n) is 1.98. The fraction of sp³-hybridized carbons (Fsp3) is 0.600. The Bertz CT molecular complexity index is 580. The van der Waals surface area contributed by atoms with E-state index in [1.165, 1.54) is 11.8 Å². The summed E-state index contributed by atoms with van der Waals surface area (Å²) < 4.78 is 1.99. The molecular formula is C15H23N5O2S. The molecule has 0 atom stereocenters. The molecule has 1 aliphatic carbocycles. The van der Waals surface area contributed by atoms with Gasteiger partial charge in [-0.1, -0.05) is 31.7 Å². The molecule has 1 aromatic rings. The number of aromatic nitrogens is 3. The minimum absolute atomic E-state index is 0.120. The Morgan fingerprint density at radius 3 is 2.78 bits per heavy atom. The standard InChI is InChI=1S/C15H23N5O2S/c1-4-7-20-13(11-5-6-11)18-19-15(20)23-9-12(21)17-14(22)16-8-10(2)3/h4,10-11H,1,5-9H2,2-3H3,(H2,16,17,21,22). The summed E-state index contributed by atoms with van der Waals surface area (Å²) in [6.45, 7) is 8.88. The second-order valence-corrected chi connectivity index (χ2v) is 6.90. The molecule has 0 aliphatic heterocycles. The average Bonchev–Trinajstić information content (AvgIpc) is 3.26. The van der Waals surface area contributed by atoms with Gasteiger partial charge in [-0.2, -0.15) is 0 Å². The third-order valence-electron chi connectivity index (χ3n) is 3.26. The zero-order chi connectivity index (χ0) is 16.8. The number of thioether (sulfide) groups is 1. The lowest BCUT2D eigenvalue weighted by Gasteiger charge is -2.09. The fourth-order valence-corrected chi connectivity index (χ4v) is 2.74. The van der Waals surface area contributed by atoms with Crippen molar-refractivity contribution in [2.75, 3.05) is 12.3 Å². The highest BCUT2D eigenvalue weighted by atomic mass is 32.2. The Hall–Kier alpha value is -1.83. The largest absolute Gasteiger partial charge is 0.338 e. The molecule has 2 rings (SSSR count). The zero-order valence-corrected chi connectivity index (χ0v) is 14.4. The first-order chi connectivity index (χ1) is 11.0. The van der Waals surface area contributed by atoms with Crippen LogP contribution < -0.4 is 10.6 Å². The maximum atomic E-state index is 11.8. The van der Waals surface area contributed by atoms with Crippen LogP contribution in [0.5, 0.6) is 0 Å². The highest BCUT2D eigenvalue weighted by molar-refractivity contribution is 7.99. The monoisotopic (exact) mass is 337 g/mol. The summed E-state index contributed by atoms with van der Waals surface area (Å²) in [5.74, 6) is 1.55. The molecule has 1 fully saturated rings. The lowest BCUT2D eigenvalue weighted by molar-refractivity contribution is -0.117. The smallest absolute Gasteiger partial charge is 0.321 e. The van der Waals surface area contributed by atoms with Gasteiger partial charge in [0.2, 0.25) is 5.91 Å². The second-order valence-electron chi connectivity index (χ2n) is 5.96. The van der Waals surface area contributed by atoms with Crippen molar-refractivity contribution in [1.29, 1.82) is 0 Å². The molecule has 0 aromatic carbocycles. The van der Waals surface area contributed by atoms with Crippen LogP contribution in [-0.2, 0) is 11.3 Å². The van der Waals surface area contributed by atoms with E-state index in [-0.39, 0.29) is 11.7 Å². The van der Waals surface area contributed by atoms with E-state index in [0.29, 0.717) is 30.1 Å². The number of carbonyl (C=O) groups is 2. The number of amides is 3. The molecule has 7 nitrogen and oxygen atoms in total. The summed E-state index contributed by atoms with van der Waals surface area (Å²) in [5, 5.41) is 14.0. The van der Waals surface area contributed by atoms with Crippen LogP contribution in [0.1, 0.15) is 38.4 Å². The van der Waals surface area contributed by atoms with Gasteiger partial charge in [0, 0.05) is 19.0 Å². The summed E-state index contributed by atoms with van der Waals surface area (Å²) >= 11 is 1.28. The number of nitrogens with one attached hydrogen (secondary N) is 2. The van der Waals surface area contributed by atoms with Crippen LogP contribution >= 0.6 is 11.8 Å². The van der Waals surface area contributed by atoms with Gasteiger partial charge in [0.15, 0.2) is 5.16 Å². The Morgan fingerprint density at radius 1 is 1.43 bits per heavy atom. The van der Waals surface area contributed by atoms with Crippen molar-refractivity contribution < 1.29 is 9.59 Å². The summed E-state index contributed by atoms with van der Waals surface area (Å²) in [6.07, 6.45) is 4.06. The van der Waals surface area contributed by atoms with E-state index in [1.54, 1.807) is 6.08 Å². The minimum Gasteiger partial charge on any atom is -0.338 e. The second kappa shape index (κ2) is 8.14. The number of rotatable bonds is 8. The van der Waals surface area contributed by atoms with E-state index >= 15 is 0 Å². The number of nitrogens with zero attached hydrogens (tertiary/aromatic N) is 3. The predicted molar refractivity (Wildman–Crippen MR) is 89.3 cm³/mol. The molecule has 1 saturated carbocycles. The van der Waals surface area contributed by atoms with E-state index in [9.17, 15) is 9.59 Å². The third kappa shape index (κ3) is 5.38. The highest BCUT2D eigenvalue weighted by Crippen LogP contribution is 2.39. The quantitative estimate of drug-likeness (QED) is 0.559. The van der Waals surface area contributed by atoms with Crippen LogP contribution in [0, 0.1) is 5.92 Å². The van der Waals surface area contributed by atoms with Crippen LogP contribution in [-0.4, -0.2) is 39.0 Å². The normalized spacial score (nSPS) is 13.9. The SMILES string of the molecule is C=CCn1c(SCC(=O)NC(=O)NCC(C)C)nnc1C1CC1. The Morgan fingerprint density at radius 2 is 2.17 bits per heavy atom. The number of hydrogen-bond acceptors (Lipinski definition) is 5. The minimum atomic E-state index is -0.462. The Labute approximate surface area is 140 Å². The first kappa shape index (κ1) is 17.5. The van der Waals surface area contributed by atoms with Gasteiger partial charge in [0.1, 0.15) is 5.82 Å². The van der Waals surface area contributed by atoms with E-state index in [1.807, 2.05) is 18.4 Å². The number of urea groups is 1.